The highest BCUT2D eigenvalue weighted by Gasteiger charge is 2.22. The zero-order chi connectivity index (χ0) is 15.9. The topological polar surface area (TPSA) is 57.6 Å². The first-order valence-corrected chi connectivity index (χ1v) is 8.15. The number of benzene rings is 1. The van der Waals surface area contributed by atoms with Gasteiger partial charge < -0.3 is 10.0 Å². The average molecular weight is 303 g/mol. The van der Waals surface area contributed by atoms with Gasteiger partial charge in [-0.25, -0.2) is 4.79 Å². The van der Waals surface area contributed by atoms with Crippen molar-refractivity contribution in [1.29, 1.82) is 0 Å². The van der Waals surface area contributed by atoms with Gasteiger partial charge in [0.15, 0.2) is 0 Å². The molecule has 1 fully saturated rings. The Labute approximate surface area is 132 Å². The third-order valence-electron chi connectivity index (χ3n) is 4.45. The number of carboxylic acids is 1. The second-order valence-electron chi connectivity index (χ2n) is 6.24. The average Bonchev–Trinajstić information content (AvgIpc) is 2.47. The third-order valence-corrected chi connectivity index (χ3v) is 4.45. The summed E-state index contributed by atoms with van der Waals surface area (Å²) < 4.78 is 0. The summed E-state index contributed by atoms with van der Waals surface area (Å²) in [6, 6.07) is 6.74. The zero-order valence-electron chi connectivity index (χ0n) is 13.3. The number of aromatic carboxylic acids is 1. The highest BCUT2D eigenvalue weighted by molar-refractivity contribution is 5.87. The highest BCUT2D eigenvalue weighted by Crippen LogP contribution is 2.24. The Hall–Kier alpha value is -1.84. The standard InChI is InChI=1S/C18H25NO3/c1-19(13-14-9-11-16(12-10-14)18(21)22)17(20)15-7-5-3-2-4-6-8-15/h9-12,15H,2-8,13H2,1H3,(H,21,22). The molecule has 1 aliphatic rings. The second kappa shape index (κ2) is 7.97. The van der Waals surface area contributed by atoms with Crippen LogP contribution in [0.4, 0.5) is 0 Å². The van der Waals surface area contributed by atoms with Crippen LogP contribution in [0.3, 0.4) is 0 Å². The minimum atomic E-state index is -0.925. The molecule has 0 aliphatic heterocycles. The lowest BCUT2D eigenvalue weighted by Gasteiger charge is -2.25. The van der Waals surface area contributed by atoms with E-state index in [1.165, 1.54) is 19.3 Å². The Morgan fingerprint density at radius 2 is 1.59 bits per heavy atom. The molecule has 0 unspecified atom stereocenters. The summed E-state index contributed by atoms with van der Waals surface area (Å²) in [6.07, 6.45) is 8.08. The van der Waals surface area contributed by atoms with Crippen LogP contribution in [-0.4, -0.2) is 28.9 Å². The number of carbonyl (C=O) groups excluding carboxylic acids is 1. The molecule has 0 heterocycles. The van der Waals surface area contributed by atoms with E-state index in [1.807, 2.05) is 7.05 Å². The van der Waals surface area contributed by atoms with Crippen molar-refractivity contribution >= 4 is 11.9 Å². The molecule has 0 atom stereocenters. The van der Waals surface area contributed by atoms with Crippen LogP contribution in [0.15, 0.2) is 24.3 Å². The Morgan fingerprint density at radius 1 is 1.05 bits per heavy atom. The molecule has 2 rings (SSSR count). The van der Waals surface area contributed by atoms with Gasteiger partial charge in [0.1, 0.15) is 0 Å². The predicted octanol–water partition coefficient (Wildman–Crippen LogP) is 3.70. The summed E-state index contributed by atoms with van der Waals surface area (Å²) in [6.45, 7) is 0.537. The van der Waals surface area contributed by atoms with Crippen molar-refractivity contribution in [1.82, 2.24) is 4.90 Å². The van der Waals surface area contributed by atoms with Gasteiger partial charge in [-0.15, -0.1) is 0 Å². The maximum absolute atomic E-state index is 12.6. The predicted molar refractivity (Wildman–Crippen MR) is 85.7 cm³/mol. The van der Waals surface area contributed by atoms with Gasteiger partial charge in [-0.2, -0.15) is 0 Å². The summed E-state index contributed by atoms with van der Waals surface area (Å²) in [5.41, 5.74) is 1.24. The highest BCUT2D eigenvalue weighted by atomic mass is 16.4. The molecule has 120 valence electrons. The molecule has 0 aromatic heterocycles. The van der Waals surface area contributed by atoms with Crippen LogP contribution in [0.25, 0.3) is 0 Å². The summed E-state index contributed by atoms with van der Waals surface area (Å²) in [7, 11) is 1.84. The van der Waals surface area contributed by atoms with E-state index in [4.69, 9.17) is 5.11 Å². The molecule has 0 bridgehead atoms. The number of carbonyl (C=O) groups is 2. The summed E-state index contributed by atoms with van der Waals surface area (Å²) in [5.74, 6) is -0.543. The van der Waals surface area contributed by atoms with Crippen molar-refractivity contribution < 1.29 is 14.7 Å². The minimum absolute atomic E-state index is 0.156. The van der Waals surface area contributed by atoms with Crippen molar-refractivity contribution in [2.45, 2.75) is 51.5 Å². The Bertz CT molecular complexity index is 502. The lowest BCUT2D eigenvalue weighted by molar-refractivity contribution is -0.135. The van der Waals surface area contributed by atoms with Gasteiger partial charge in [0.25, 0.3) is 0 Å². The molecule has 1 aliphatic carbocycles. The van der Waals surface area contributed by atoms with Gasteiger partial charge in [0.2, 0.25) is 5.91 Å². The fourth-order valence-corrected chi connectivity index (χ4v) is 3.12. The normalized spacial score (nSPS) is 16.6. The molecule has 1 aromatic carbocycles. The van der Waals surface area contributed by atoms with Gasteiger partial charge >= 0.3 is 5.97 Å². The molecule has 1 amide bonds. The van der Waals surface area contributed by atoms with E-state index < -0.39 is 5.97 Å². The quantitative estimate of drug-likeness (QED) is 0.922. The summed E-state index contributed by atoms with van der Waals surface area (Å²) >= 11 is 0. The molecule has 1 saturated carbocycles. The number of amides is 1. The first-order valence-electron chi connectivity index (χ1n) is 8.15. The van der Waals surface area contributed by atoms with E-state index in [-0.39, 0.29) is 17.4 Å². The van der Waals surface area contributed by atoms with Crippen molar-refractivity contribution in [3.63, 3.8) is 0 Å². The molecule has 22 heavy (non-hydrogen) atoms. The van der Waals surface area contributed by atoms with Crippen LogP contribution in [-0.2, 0) is 11.3 Å². The third kappa shape index (κ3) is 4.58. The van der Waals surface area contributed by atoms with E-state index in [2.05, 4.69) is 0 Å². The fourth-order valence-electron chi connectivity index (χ4n) is 3.12. The smallest absolute Gasteiger partial charge is 0.335 e. The largest absolute Gasteiger partial charge is 0.478 e. The molecule has 1 aromatic rings. The number of nitrogens with zero attached hydrogens (tertiary/aromatic N) is 1. The Balaban J connectivity index is 1.93. The van der Waals surface area contributed by atoms with Crippen LogP contribution in [0.5, 0.6) is 0 Å². The number of carboxylic acid groups (broad SMARTS) is 1. The molecular weight excluding hydrogens is 278 g/mol. The minimum Gasteiger partial charge on any atom is -0.478 e. The van der Waals surface area contributed by atoms with Crippen molar-refractivity contribution in [2.24, 2.45) is 5.92 Å². The molecule has 0 saturated heterocycles. The van der Waals surface area contributed by atoms with Crippen LogP contribution in [0.2, 0.25) is 0 Å². The maximum atomic E-state index is 12.6. The van der Waals surface area contributed by atoms with Gasteiger partial charge in [-0.1, -0.05) is 44.2 Å². The summed E-state index contributed by atoms with van der Waals surface area (Å²) in [5, 5.41) is 8.90. The summed E-state index contributed by atoms with van der Waals surface area (Å²) in [4.78, 5) is 25.2. The van der Waals surface area contributed by atoms with E-state index in [1.54, 1.807) is 29.2 Å². The SMILES string of the molecule is CN(Cc1ccc(C(=O)O)cc1)C(=O)C1CCCCCCC1. The van der Waals surface area contributed by atoms with Crippen molar-refractivity contribution in [3.05, 3.63) is 35.4 Å². The molecule has 4 heteroatoms. The van der Waals surface area contributed by atoms with Crippen molar-refractivity contribution in [2.75, 3.05) is 7.05 Å². The first-order chi connectivity index (χ1) is 10.6. The number of rotatable bonds is 4. The van der Waals surface area contributed by atoms with Crippen molar-refractivity contribution in [3.8, 4) is 0 Å². The lowest BCUT2D eigenvalue weighted by Crippen LogP contribution is -2.33. The molecule has 0 radical (unpaired) electrons. The van der Waals surface area contributed by atoms with E-state index in [0.29, 0.717) is 6.54 Å². The van der Waals surface area contributed by atoms with E-state index in [0.717, 1.165) is 31.2 Å². The van der Waals surface area contributed by atoms with Gasteiger partial charge in [-0.3, -0.25) is 4.79 Å². The van der Waals surface area contributed by atoms with Crippen LogP contribution in [0.1, 0.15) is 60.9 Å². The van der Waals surface area contributed by atoms with Crippen LogP contribution >= 0.6 is 0 Å². The number of hydrogen-bond acceptors (Lipinski definition) is 2. The molecular formula is C18H25NO3. The van der Waals surface area contributed by atoms with Gasteiger partial charge in [0, 0.05) is 19.5 Å². The van der Waals surface area contributed by atoms with E-state index in [9.17, 15) is 9.59 Å². The first kappa shape index (κ1) is 16.5. The molecule has 1 N–H and O–H groups in total. The van der Waals surface area contributed by atoms with E-state index >= 15 is 0 Å². The second-order valence-corrected chi connectivity index (χ2v) is 6.24. The number of hydrogen-bond donors (Lipinski definition) is 1. The maximum Gasteiger partial charge on any atom is 0.335 e. The van der Waals surface area contributed by atoms with Crippen LogP contribution < -0.4 is 0 Å². The molecule has 4 nitrogen and oxygen atoms in total. The van der Waals surface area contributed by atoms with Crippen LogP contribution in [0, 0.1) is 5.92 Å². The Morgan fingerprint density at radius 3 is 2.14 bits per heavy atom. The van der Waals surface area contributed by atoms with Gasteiger partial charge in [-0.05, 0) is 30.5 Å². The molecule has 0 spiro atoms. The lowest BCUT2D eigenvalue weighted by atomic mass is 9.90. The fraction of sp³-hybridized carbons (Fsp3) is 0.556. The monoisotopic (exact) mass is 303 g/mol. The van der Waals surface area contributed by atoms with Gasteiger partial charge in [0.05, 0.1) is 5.56 Å². The Kier molecular flexibility index (Phi) is 5.99. The zero-order valence-corrected chi connectivity index (χ0v) is 13.3.